The number of carbonyl (C=O) groups excluding carboxylic acids is 1. The van der Waals surface area contributed by atoms with Crippen molar-refractivity contribution in [3.8, 4) is 11.5 Å². The van der Waals surface area contributed by atoms with Crippen molar-refractivity contribution in [3.63, 3.8) is 0 Å². The standard InChI is InChI=1S/C20H24N2O3/c1-4-13-24-18-11-7-17(8-12-18)20(23)22-21-14-16-5-9-19(10-6-16)25-15(2)3/h5-12,14-15H,4,13H2,1-3H3,(H,22,23)/b21-14+. The number of hydrogen-bond acceptors (Lipinski definition) is 4. The lowest BCUT2D eigenvalue weighted by Crippen LogP contribution is -2.17. The smallest absolute Gasteiger partial charge is 0.271 e. The van der Waals surface area contributed by atoms with Gasteiger partial charge in [-0.25, -0.2) is 5.43 Å². The first-order valence-corrected chi connectivity index (χ1v) is 8.41. The molecule has 0 fully saturated rings. The molecule has 132 valence electrons. The van der Waals surface area contributed by atoms with Gasteiger partial charge in [-0.05, 0) is 74.4 Å². The number of carbonyl (C=O) groups is 1. The largest absolute Gasteiger partial charge is 0.494 e. The maximum absolute atomic E-state index is 12.0. The molecule has 0 aliphatic carbocycles. The Morgan fingerprint density at radius 2 is 1.72 bits per heavy atom. The topological polar surface area (TPSA) is 59.9 Å². The molecule has 0 radical (unpaired) electrons. The Labute approximate surface area is 148 Å². The van der Waals surface area contributed by atoms with Crippen molar-refractivity contribution in [2.75, 3.05) is 6.61 Å². The molecule has 2 aromatic rings. The van der Waals surface area contributed by atoms with E-state index >= 15 is 0 Å². The molecule has 0 bridgehead atoms. The van der Waals surface area contributed by atoms with Crippen molar-refractivity contribution in [1.82, 2.24) is 5.43 Å². The van der Waals surface area contributed by atoms with E-state index in [1.807, 2.05) is 45.0 Å². The van der Waals surface area contributed by atoms with Gasteiger partial charge in [0, 0.05) is 5.56 Å². The predicted molar refractivity (Wildman–Crippen MR) is 99.5 cm³/mol. The van der Waals surface area contributed by atoms with Gasteiger partial charge in [0.1, 0.15) is 11.5 Å². The third kappa shape index (κ3) is 6.30. The van der Waals surface area contributed by atoms with E-state index in [0.717, 1.165) is 23.5 Å². The summed E-state index contributed by atoms with van der Waals surface area (Å²) in [4.78, 5) is 12.0. The molecule has 0 unspecified atom stereocenters. The summed E-state index contributed by atoms with van der Waals surface area (Å²) in [5.41, 5.74) is 3.92. The van der Waals surface area contributed by atoms with Gasteiger partial charge < -0.3 is 9.47 Å². The molecule has 25 heavy (non-hydrogen) atoms. The van der Waals surface area contributed by atoms with Gasteiger partial charge in [0.15, 0.2) is 0 Å². The van der Waals surface area contributed by atoms with Crippen LogP contribution in [0, 0.1) is 0 Å². The van der Waals surface area contributed by atoms with E-state index in [0.29, 0.717) is 12.2 Å². The zero-order valence-corrected chi connectivity index (χ0v) is 14.9. The van der Waals surface area contributed by atoms with E-state index in [2.05, 4.69) is 10.5 Å². The molecule has 2 rings (SSSR count). The highest BCUT2D eigenvalue weighted by molar-refractivity contribution is 5.95. The van der Waals surface area contributed by atoms with Gasteiger partial charge in [0.25, 0.3) is 5.91 Å². The average molecular weight is 340 g/mol. The second-order valence-electron chi connectivity index (χ2n) is 5.81. The van der Waals surface area contributed by atoms with Crippen LogP contribution in [0.25, 0.3) is 0 Å². The van der Waals surface area contributed by atoms with Crippen LogP contribution in [0.2, 0.25) is 0 Å². The number of hydrazone groups is 1. The van der Waals surface area contributed by atoms with Gasteiger partial charge >= 0.3 is 0 Å². The van der Waals surface area contributed by atoms with Crippen LogP contribution in [-0.2, 0) is 0 Å². The lowest BCUT2D eigenvalue weighted by atomic mass is 10.2. The van der Waals surface area contributed by atoms with Gasteiger partial charge in [0.2, 0.25) is 0 Å². The van der Waals surface area contributed by atoms with Crippen molar-refractivity contribution >= 4 is 12.1 Å². The molecule has 1 N–H and O–H groups in total. The summed E-state index contributed by atoms with van der Waals surface area (Å²) in [5, 5.41) is 3.98. The maximum atomic E-state index is 12.0. The van der Waals surface area contributed by atoms with Crippen molar-refractivity contribution in [2.45, 2.75) is 33.3 Å². The van der Waals surface area contributed by atoms with Crippen molar-refractivity contribution in [3.05, 3.63) is 59.7 Å². The van der Waals surface area contributed by atoms with Crippen LogP contribution in [-0.4, -0.2) is 24.8 Å². The van der Waals surface area contributed by atoms with E-state index < -0.39 is 0 Å². The molecule has 2 aromatic carbocycles. The molecule has 1 amide bonds. The molecule has 0 aliphatic heterocycles. The lowest BCUT2D eigenvalue weighted by Gasteiger charge is -2.09. The van der Waals surface area contributed by atoms with Crippen LogP contribution in [0.15, 0.2) is 53.6 Å². The zero-order chi connectivity index (χ0) is 18.1. The number of hydrogen-bond donors (Lipinski definition) is 1. The predicted octanol–water partition coefficient (Wildman–Crippen LogP) is 4.03. The summed E-state index contributed by atoms with van der Waals surface area (Å²) in [7, 11) is 0. The van der Waals surface area contributed by atoms with Gasteiger partial charge in [-0.3, -0.25) is 4.79 Å². The number of amides is 1. The number of nitrogens with zero attached hydrogens (tertiary/aromatic N) is 1. The summed E-state index contributed by atoms with van der Waals surface area (Å²) >= 11 is 0. The summed E-state index contributed by atoms with van der Waals surface area (Å²) in [6, 6.07) is 14.5. The van der Waals surface area contributed by atoms with E-state index in [-0.39, 0.29) is 12.0 Å². The average Bonchev–Trinajstić information content (AvgIpc) is 2.61. The first-order valence-electron chi connectivity index (χ1n) is 8.41. The molecular formula is C20H24N2O3. The van der Waals surface area contributed by atoms with E-state index in [1.165, 1.54) is 0 Å². The lowest BCUT2D eigenvalue weighted by molar-refractivity contribution is 0.0955. The van der Waals surface area contributed by atoms with Crippen molar-refractivity contribution < 1.29 is 14.3 Å². The molecule has 0 saturated carbocycles. The molecule has 0 spiro atoms. The first-order chi connectivity index (χ1) is 12.1. The highest BCUT2D eigenvalue weighted by Crippen LogP contribution is 2.13. The van der Waals surface area contributed by atoms with Gasteiger partial charge in [-0.1, -0.05) is 6.92 Å². The van der Waals surface area contributed by atoms with Crippen molar-refractivity contribution in [2.24, 2.45) is 5.10 Å². The monoisotopic (exact) mass is 340 g/mol. The summed E-state index contributed by atoms with van der Waals surface area (Å²) in [5.74, 6) is 1.30. The minimum Gasteiger partial charge on any atom is -0.494 e. The number of nitrogens with one attached hydrogen (secondary N) is 1. The zero-order valence-electron chi connectivity index (χ0n) is 14.9. The van der Waals surface area contributed by atoms with Gasteiger partial charge in [-0.15, -0.1) is 0 Å². The molecule has 0 atom stereocenters. The third-order valence-electron chi connectivity index (χ3n) is 3.22. The molecule has 0 saturated heterocycles. The SMILES string of the molecule is CCCOc1ccc(C(=O)N/N=C/c2ccc(OC(C)C)cc2)cc1. The minimum absolute atomic E-state index is 0.137. The Kier molecular flexibility index (Phi) is 7.01. The number of ether oxygens (including phenoxy) is 2. The molecule has 0 aromatic heterocycles. The summed E-state index contributed by atoms with van der Waals surface area (Å²) in [6.07, 6.45) is 2.68. The van der Waals surface area contributed by atoms with Crippen LogP contribution in [0.5, 0.6) is 11.5 Å². The Balaban J connectivity index is 1.87. The fourth-order valence-corrected chi connectivity index (χ4v) is 2.06. The number of benzene rings is 2. The quantitative estimate of drug-likeness (QED) is 0.583. The van der Waals surface area contributed by atoms with Gasteiger partial charge in [0.05, 0.1) is 18.9 Å². The third-order valence-corrected chi connectivity index (χ3v) is 3.22. The summed E-state index contributed by atoms with van der Waals surface area (Å²) < 4.78 is 11.1. The Morgan fingerprint density at radius 1 is 1.08 bits per heavy atom. The summed E-state index contributed by atoms with van der Waals surface area (Å²) in [6.45, 7) is 6.67. The Bertz CT molecular complexity index is 692. The van der Waals surface area contributed by atoms with Crippen LogP contribution >= 0.6 is 0 Å². The highest BCUT2D eigenvalue weighted by atomic mass is 16.5. The van der Waals surface area contributed by atoms with E-state index in [9.17, 15) is 4.79 Å². The molecule has 0 aliphatic rings. The second-order valence-corrected chi connectivity index (χ2v) is 5.81. The maximum Gasteiger partial charge on any atom is 0.271 e. The van der Waals surface area contributed by atoms with Gasteiger partial charge in [-0.2, -0.15) is 5.10 Å². The van der Waals surface area contributed by atoms with E-state index in [1.54, 1.807) is 30.5 Å². The van der Waals surface area contributed by atoms with Crippen LogP contribution in [0.1, 0.15) is 43.1 Å². The Morgan fingerprint density at radius 3 is 2.32 bits per heavy atom. The van der Waals surface area contributed by atoms with Crippen LogP contribution in [0.3, 0.4) is 0 Å². The molecule has 5 nitrogen and oxygen atoms in total. The fourth-order valence-electron chi connectivity index (χ4n) is 2.06. The van der Waals surface area contributed by atoms with E-state index in [4.69, 9.17) is 9.47 Å². The minimum atomic E-state index is -0.266. The highest BCUT2D eigenvalue weighted by Gasteiger charge is 2.04. The van der Waals surface area contributed by atoms with Crippen molar-refractivity contribution in [1.29, 1.82) is 0 Å². The molecular weight excluding hydrogens is 316 g/mol. The fraction of sp³-hybridized carbons (Fsp3) is 0.300. The molecule has 0 heterocycles. The Hall–Kier alpha value is -2.82. The molecule has 5 heteroatoms. The van der Waals surface area contributed by atoms with Crippen LogP contribution < -0.4 is 14.9 Å². The second kappa shape index (κ2) is 9.47. The number of rotatable bonds is 8. The normalized spacial score (nSPS) is 10.9. The first kappa shape index (κ1) is 18.5. The van der Waals surface area contributed by atoms with Crippen LogP contribution in [0.4, 0.5) is 0 Å².